The molecule has 1 N–H and O–H groups in total. The Morgan fingerprint density at radius 3 is 1.78 bits per heavy atom. The minimum absolute atomic E-state index is 0.0324. The predicted octanol–water partition coefficient (Wildman–Crippen LogP) is 11.0. The number of imide groups is 1. The smallest absolute Gasteiger partial charge is 0.259 e. The molecule has 0 bridgehead atoms. The second-order valence-corrected chi connectivity index (χ2v) is 19.4. The van der Waals surface area contributed by atoms with Crippen molar-refractivity contribution >= 4 is 90.1 Å². The molecule has 0 atom stereocenters. The molecule has 2 aliphatic heterocycles. The van der Waals surface area contributed by atoms with Crippen molar-refractivity contribution in [1.29, 1.82) is 10.5 Å². The van der Waals surface area contributed by atoms with Crippen molar-refractivity contribution in [2.75, 3.05) is 0 Å². The van der Waals surface area contributed by atoms with E-state index in [2.05, 4.69) is 56.4 Å². The summed E-state index contributed by atoms with van der Waals surface area (Å²) in [6, 6.07) is 17.1. The molecule has 0 saturated heterocycles. The molecule has 0 aliphatic carbocycles. The molecule has 0 fully saturated rings. The van der Waals surface area contributed by atoms with Crippen molar-refractivity contribution in [3.8, 4) is 42.1 Å². The highest BCUT2D eigenvalue weighted by Crippen LogP contribution is 2.61. The van der Waals surface area contributed by atoms with Gasteiger partial charge in [0.25, 0.3) is 11.8 Å². The zero-order valence-corrected chi connectivity index (χ0v) is 30.0. The van der Waals surface area contributed by atoms with Crippen LogP contribution in [0.4, 0.5) is 0 Å². The number of benzene rings is 1. The summed E-state index contributed by atoms with van der Waals surface area (Å²) in [5.41, 5.74) is 1.95. The lowest BCUT2D eigenvalue weighted by atomic mass is 9.81. The van der Waals surface area contributed by atoms with Crippen molar-refractivity contribution in [2.45, 2.75) is 62.2 Å². The number of allylic oxidation sites excluding steroid dienone is 1. The Morgan fingerprint density at radius 1 is 0.644 bits per heavy atom. The van der Waals surface area contributed by atoms with Crippen LogP contribution in [0.5, 0.6) is 0 Å². The number of amides is 2. The normalized spacial score (nSPS) is 14.4. The molecule has 0 spiro atoms. The minimum atomic E-state index is -0.462. The highest BCUT2D eigenvalue weighted by atomic mass is 32.2. The zero-order valence-electron chi connectivity index (χ0n) is 25.1. The van der Waals surface area contributed by atoms with Crippen LogP contribution in [-0.4, -0.2) is 11.8 Å². The molecule has 0 radical (unpaired) electrons. The fraction of sp³-hybridized carbons (Fsp3) is 0.235. The summed E-state index contributed by atoms with van der Waals surface area (Å²) < 4.78 is 3.06. The van der Waals surface area contributed by atoms with Crippen molar-refractivity contribution in [3.63, 3.8) is 0 Å². The molecule has 11 heteroatoms. The summed E-state index contributed by atoms with van der Waals surface area (Å²) in [4.78, 5) is 35.4. The molecule has 224 valence electrons. The van der Waals surface area contributed by atoms with Gasteiger partial charge >= 0.3 is 0 Å². The topological polar surface area (TPSA) is 93.8 Å². The fourth-order valence-corrected chi connectivity index (χ4v) is 13.2. The minimum Gasteiger partial charge on any atom is -0.288 e. The van der Waals surface area contributed by atoms with Crippen LogP contribution in [0, 0.1) is 22.7 Å². The number of nitrogens with one attached hydrogen (secondary N) is 1. The number of thioether (sulfide) groups is 2. The van der Waals surface area contributed by atoms with E-state index in [0.29, 0.717) is 20.9 Å². The fourth-order valence-electron chi connectivity index (χ4n) is 5.51. The van der Waals surface area contributed by atoms with E-state index in [0.717, 1.165) is 30.0 Å². The maximum absolute atomic E-state index is 13.4. The molecular formula is C34H25N3O2S6. The van der Waals surface area contributed by atoms with E-state index < -0.39 is 17.2 Å². The number of hydrogen-bond acceptors (Lipinski definition) is 10. The summed E-state index contributed by atoms with van der Waals surface area (Å²) in [7, 11) is 0. The molecule has 1 aromatic carbocycles. The molecule has 2 aliphatic rings. The van der Waals surface area contributed by atoms with E-state index in [4.69, 9.17) is 0 Å². The van der Waals surface area contributed by atoms with Crippen LogP contribution in [-0.2, 0) is 10.8 Å². The van der Waals surface area contributed by atoms with Crippen molar-refractivity contribution in [3.05, 3.63) is 67.8 Å². The van der Waals surface area contributed by atoms with Gasteiger partial charge in [0, 0.05) is 54.0 Å². The average molecular weight is 700 g/mol. The van der Waals surface area contributed by atoms with Crippen LogP contribution in [0.2, 0.25) is 0 Å². The Morgan fingerprint density at radius 2 is 1.20 bits per heavy atom. The maximum atomic E-state index is 13.4. The summed E-state index contributed by atoms with van der Waals surface area (Å²) in [6.45, 7) is 12.8. The number of fused-ring (bicyclic) bond motifs is 3. The standard InChI is InChI=1S/C34H25N3O2S6/c1-33(2,3)23-10-9-17(43-23)20-12-22-21(42-20)11-19(41-22)16-7-8-18(40-16)24-25-26(31(39)37-30(25)38)27(34(4,5)6)29-28(24)44-32(45-29)15(13-35)14-36/h7-12H,1-6H3,(H,37,38,39). The number of nitriles is 2. The lowest BCUT2D eigenvalue weighted by molar-refractivity contribution is 0.0879. The van der Waals surface area contributed by atoms with Gasteiger partial charge in [0.15, 0.2) is 0 Å². The second kappa shape index (κ2) is 10.7. The number of thiophene rings is 4. The van der Waals surface area contributed by atoms with Crippen LogP contribution in [0.25, 0.3) is 39.3 Å². The first-order chi connectivity index (χ1) is 21.3. The van der Waals surface area contributed by atoms with Gasteiger partial charge in [0.05, 0.1) is 15.4 Å². The Balaban J connectivity index is 1.34. The van der Waals surface area contributed by atoms with Gasteiger partial charge in [-0.15, -0.1) is 45.3 Å². The Bertz CT molecular complexity index is 2180. The highest BCUT2D eigenvalue weighted by molar-refractivity contribution is 8.24. The Kier molecular flexibility index (Phi) is 7.25. The maximum Gasteiger partial charge on any atom is 0.259 e. The summed E-state index contributed by atoms with van der Waals surface area (Å²) >= 11 is 9.71. The lowest BCUT2D eigenvalue weighted by Gasteiger charge is -2.25. The summed E-state index contributed by atoms with van der Waals surface area (Å²) in [5.74, 6) is -0.816. The number of carbonyl (C=O) groups is 2. The van der Waals surface area contributed by atoms with Gasteiger partial charge in [-0.25, -0.2) is 0 Å². The first-order valence-electron chi connectivity index (χ1n) is 14.0. The zero-order chi connectivity index (χ0) is 32.0. The third-order valence-electron chi connectivity index (χ3n) is 7.55. The predicted molar refractivity (Wildman–Crippen MR) is 191 cm³/mol. The third-order valence-corrected chi connectivity index (χ3v) is 15.5. The van der Waals surface area contributed by atoms with Crippen molar-refractivity contribution < 1.29 is 9.59 Å². The van der Waals surface area contributed by atoms with Gasteiger partial charge in [0.2, 0.25) is 0 Å². The summed E-state index contributed by atoms with van der Waals surface area (Å²) in [5, 5.41) is 21.8. The number of rotatable bonds is 3. The van der Waals surface area contributed by atoms with Gasteiger partial charge in [0.1, 0.15) is 17.7 Å². The van der Waals surface area contributed by atoms with Gasteiger partial charge in [-0.05, 0) is 52.8 Å². The lowest BCUT2D eigenvalue weighted by Crippen LogP contribution is -2.22. The molecule has 5 aromatic rings. The van der Waals surface area contributed by atoms with Crippen LogP contribution in [0.3, 0.4) is 0 Å². The van der Waals surface area contributed by atoms with Gasteiger partial charge in [-0.1, -0.05) is 65.1 Å². The number of carbonyl (C=O) groups excluding carboxylic acids is 2. The number of nitrogens with zero attached hydrogens (tertiary/aromatic N) is 2. The molecule has 45 heavy (non-hydrogen) atoms. The molecule has 0 unspecified atom stereocenters. The first kappa shape index (κ1) is 30.5. The van der Waals surface area contributed by atoms with E-state index in [1.54, 1.807) is 22.7 Å². The van der Waals surface area contributed by atoms with E-state index in [1.165, 1.54) is 47.6 Å². The average Bonchev–Trinajstić information content (AvgIpc) is 3.78. The molecule has 5 nitrogen and oxygen atoms in total. The Labute approximate surface area is 285 Å². The van der Waals surface area contributed by atoms with Gasteiger partial charge < -0.3 is 0 Å². The van der Waals surface area contributed by atoms with Gasteiger partial charge in [-0.3, -0.25) is 14.9 Å². The largest absolute Gasteiger partial charge is 0.288 e. The number of hydrogen-bond donors (Lipinski definition) is 1. The molecule has 4 aromatic heterocycles. The van der Waals surface area contributed by atoms with Gasteiger partial charge in [-0.2, -0.15) is 10.5 Å². The monoisotopic (exact) mass is 699 g/mol. The Hall–Kier alpha value is -3.16. The summed E-state index contributed by atoms with van der Waals surface area (Å²) in [6.07, 6.45) is 0. The molecular weight excluding hydrogens is 675 g/mol. The van der Waals surface area contributed by atoms with E-state index >= 15 is 0 Å². The quantitative estimate of drug-likeness (QED) is 0.149. The van der Waals surface area contributed by atoms with E-state index in [-0.39, 0.29) is 11.0 Å². The second-order valence-electron chi connectivity index (χ2n) is 12.8. The van der Waals surface area contributed by atoms with Crippen LogP contribution in [0.1, 0.15) is 72.7 Å². The molecule has 6 heterocycles. The van der Waals surface area contributed by atoms with Crippen molar-refractivity contribution in [2.24, 2.45) is 0 Å². The highest BCUT2D eigenvalue weighted by Gasteiger charge is 2.43. The third kappa shape index (κ3) is 5.01. The first-order valence-corrected chi connectivity index (χ1v) is 18.9. The van der Waals surface area contributed by atoms with Crippen LogP contribution in [0.15, 0.2) is 56.0 Å². The van der Waals surface area contributed by atoms with E-state index in [1.807, 2.05) is 61.6 Å². The van der Waals surface area contributed by atoms with E-state index in [9.17, 15) is 20.1 Å². The molecule has 0 saturated carbocycles. The molecule has 7 rings (SSSR count). The molecule has 2 amide bonds. The SMILES string of the molecule is CC(C)(C)c1ccc(-c2cc3sc(-c4ccc(-c5c6c(c(C(C)(C)C)c7c5C(=O)NC7=O)SC(=C(C#N)C#N)S6)s4)cc3s2)s1. The van der Waals surface area contributed by atoms with Crippen LogP contribution >= 0.6 is 68.9 Å². The van der Waals surface area contributed by atoms with Crippen molar-refractivity contribution in [1.82, 2.24) is 5.32 Å². The van der Waals surface area contributed by atoms with Crippen LogP contribution < -0.4 is 5.32 Å².